The molecule has 1 aromatic carbocycles. The minimum Gasteiger partial charge on any atom is -0.309 e. The van der Waals surface area contributed by atoms with E-state index in [1.54, 1.807) is 0 Å². The molecule has 1 saturated heterocycles. The topological polar surface area (TPSA) is 20.3 Å². The maximum absolute atomic E-state index is 13.7. The number of alkyl halides is 4. The average molecular weight is 296 g/mol. The van der Waals surface area contributed by atoms with E-state index in [2.05, 4.69) is 0 Å². The predicted octanol–water partition coefficient (Wildman–Crippen LogP) is 3.44. The van der Waals surface area contributed by atoms with Crippen molar-refractivity contribution in [1.82, 2.24) is 0 Å². The highest BCUT2D eigenvalue weighted by molar-refractivity contribution is 6.18. The van der Waals surface area contributed by atoms with E-state index >= 15 is 0 Å². The fourth-order valence-corrected chi connectivity index (χ4v) is 2.23. The summed E-state index contributed by atoms with van der Waals surface area (Å²) in [7, 11) is 0. The number of anilines is 1. The molecule has 104 valence electrons. The van der Waals surface area contributed by atoms with Crippen molar-refractivity contribution < 1.29 is 22.4 Å². The zero-order chi connectivity index (χ0) is 14.2. The minimum atomic E-state index is -4.60. The van der Waals surface area contributed by atoms with Crippen molar-refractivity contribution in [3.8, 4) is 0 Å². The first kappa shape index (κ1) is 14.1. The molecule has 1 heterocycles. The second kappa shape index (κ2) is 5.00. The van der Waals surface area contributed by atoms with Gasteiger partial charge in [-0.1, -0.05) is 0 Å². The lowest BCUT2D eigenvalue weighted by Gasteiger charge is -2.18. The Kier molecular flexibility index (Phi) is 3.71. The van der Waals surface area contributed by atoms with Crippen LogP contribution in [0, 0.1) is 11.7 Å². The predicted molar refractivity (Wildman–Crippen MR) is 62.6 cm³/mol. The Bertz CT molecular complexity index is 503. The Labute approximate surface area is 112 Å². The molecule has 0 N–H and O–H groups in total. The zero-order valence-corrected chi connectivity index (χ0v) is 10.4. The van der Waals surface area contributed by atoms with Crippen LogP contribution in [0.1, 0.15) is 12.0 Å². The Morgan fingerprint density at radius 1 is 1.37 bits per heavy atom. The molecule has 0 aromatic heterocycles. The number of halogens is 5. The molecule has 1 aromatic rings. The molecule has 2 rings (SSSR count). The summed E-state index contributed by atoms with van der Waals surface area (Å²) in [5.41, 5.74) is -1.21. The summed E-state index contributed by atoms with van der Waals surface area (Å²) in [6.45, 7) is 0.227. The van der Waals surface area contributed by atoms with Gasteiger partial charge in [-0.05, 0) is 24.1 Å². The summed E-state index contributed by atoms with van der Waals surface area (Å²) in [6, 6.07) is 2.14. The fraction of sp³-hybridized carbons (Fsp3) is 0.417. The molecule has 0 saturated carbocycles. The summed E-state index contributed by atoms with van der Waals surface area (Å²) in [6.07, 6.45) is -4.42. The van der Waals surface area contributed by atoms with Gasteiger partial charge in [0.15, 0.2) is 0 Å². The lowest BCUT2D eigenvalue weighted by atomic mass is 10.1. The molecule has 1 amide bonds. The van der Waals surface area contributed by atoms with Crippen LogP contribution in [0.4, 0.5) is 23.2 Å². The highest BCUT2D eigenvalue weighted by Crippen LogP contribution is 2.34. The van der Waals surface area contributed by atoms with Gasteiger partial charge < -0.3 is 4.90 Å². The Hall–Kier alpha value is -1.30. The maximum atomic E-state index is 13.7. The minimum absolute atomic E-state index is 0.101. The van der Waals surface area contributed by atoms with E-state index in [-0.39, 0.29) is 36.4 Å². The van der Waals surface area contributed by atoms with Gasteiger partial charge >= 0.3 is 6.18 Å². The van der Waals surface area contributed by atoms with Crippen LogP contribution in [-0.2, 0) is 11.0 Å². The molecule has 19 heavy (non-hydrogen) atoms. The molecule has 7 heteroatoms. The van der Waals surface area contributed by atoms with Gasteiger partial charge in [0.2, 0.25) is 5.91 Å². The molecule has 1 aliphatic heterocycles. The third-order valence-corrected chi connectivity index (χ3v) is 3.43. The quantitative estimate of drug-likeness (QED) is 0.604. The number of rotatable bonds is 2. The first-order valence-corrected chi connectivity index (χ1v) is 6.09. The van der Waals surface area contributed by atoms with E-state index in [4.69, 9.17) is 11.6 Å². The summed E-state index contributed by atoms with van der Waals surface area (Å²) >= 11 is 5.63. The van der Waals surface area contributed by atoms with Crippen LogP contribution in [-0.4, -0.2) is 18.3 Å². The fourth-order valence-electron chi connectivity index (χ4n) is 2.02. The van der Waals surface area contributed by atoms with Crippen molar-refractivity contribution in [2.75, 3.05) is 17.3 Å². The lowest BCUT2D eigenvalue weighted by Crippen LogP contribution is -2.26. The maximum Gasteiger partial charge on any atom is 0.416 e. The summed E-state index contributed by atoms with van der Waals surface area (Å²) in [5, 5.41) is 0. The number of benzene rings is 1. The monoisotopic (exact) mass is 295 g/mol. The Balaban J connectivity index is 2.30. The molecule has 1 fully saturated rings. The smallest absolute Gasteiger partial charge is 0.309 e. The zero-order valence-electron chi connectivity index (χ0n) is 9.68. The van der Waals surface area contributed by atoms with Crippen LogP contribution < -0.4 is 4.90 Å². The molecular weight excluding hydrogens is 286 g/mol. The number of carbonyl (C=O) groups is 1. The van der Waals surface area contributed by atoms with Crippen molar-refractivity contribution in [3.63, 3.8) is 0 Å². The number of hydrogen-bond donors (Lipinski definition) is 0. The second-order valence-corrected chi connectivity index (χ2v) is 4.70. The SMILES string of the molecule is O=C1CC(CCl)CN1c1ccc(C(F)(F)F)cc1F. The normalized spacial score (nSPS) is 20.2. The van der Waals surface area contributed by atoms with Gasteiger partial charge in [0.1, 0.15) is 5.82 Å². The van der Waals surface area contributed by atoms with Crippen molar-refractivity contribution >= 4 is 23.2 Å². The largest absolute Gasteiger partial charge is 0.416 e. The summed E-state index contributed by atoms with van der Waals surface area (Å²) < 4.78 is 50.9. The molecule has 2 nitrogen and oxygen atoms in total. The van der Waals surface area contributed by atoms with E-state index in [1.807, 2.05) is 0 Å². The van der Waals surface area contributed by atoms with Gasteiger partial charge in [0.05, 0.1) is 11.3 Å². The second-order valence-electron chi connectivity index (χ2n) is 4.39. The van der Waals surface area contributed by atoms with Crippen LogP contribution in [0.15, 0.2) is 18.2 Å². The van der Waals surface area contributed by atoms with Crippen molar-refractivity contribution in [2.45, 2.75) is 12.6 Å². The Morgan fingerprint density at radius 3 is 2.53 bits per heavy atom. The van der Waals surface area contributed by atoms with E-state index in [0.29, 0.717) is 6.07 Å². The van der Waals surface area contributed by atoms with E-state index in [0.717, 1.165) is 17.0 Å². The van der Waals surface area contributed by atoms with Gasteiger partial charge in [-0.3, -0.25) is 4.79 Å². The van der Waals surface area contributed by atoms with Gasteiger partial charge in [0.25, 0.3) is 0 Å². The van der Waals surface area contributed by atoms with Crippen molar-refractivity contribution in [1.29, 1.82) is 0 Å². The highest BCUT2D eigenvalue weighted by atomic mass is 35.5. The molecule has 1 aliphatic rings. The van der Waals surface area contributed by atoms with E-state index in [9.17, 15) is 22.4 Å². The molecule has 0 aliphatic carbocycles. The number of nitrogens with zero attached hydrogens (tertiary/aromatic N) is 1. The van der Waals surface area contributed by atoms with Crippen LogP contribution >= 0.6 is 11.6 Å². The van der Waals surface area contributed by atoms with Crippen molar-refractivity contribution in [3.05, 3.63) is 29.6 Å². The Morgan fingerprint density at radius 2 is 2.05 bits per heavy atom. The van der Waals surface area contributed by atoms with Gasteiger partial charge in [-0.25, -0.2) is 4.39 Å². The number of amides is 1. The van der Waals surface area contributed by atoms with Crippen LogP contribution in [0.2, 0.25) is 0 Å². The summed E-state index contributed by atoms with van der Waals surface area (Å²) in [5.74, 6) is -1.23. The average Bonchev–Trinajstić information content (AvgIpc) is 2.69. The number of carbonyl (C=O) groups excluding carboxylic acids is 1. The lowest BCUT2D eigenvalue weighted by molar-refractivity contribution is -0.137. The van der Waals surface area contributed by atoms with E-state index < -0.39 is 17.6 Å². The van der Waals surface area contributed by atoms with E-state index in [1.165, 1.54) is 0 Å². The molecule has 1 unspecified atom stereocenters. The third kappa shape index (κ3) is 2.83. The molecule has 1 atom stereocenters. The molecule has 0 bridgehead atoms. The van der Waals surface area contributed by atoms with Crippen LogP contribution in [0.3, 0.4) is 0 Å². The molecule has 0 radical (unpaired) electrons. The van der Waals surface area contributed by atoms with Gasteiger partial charge in [-0.15, -0.1) is 11.6 Å². The first-order chi connectivity index (χ1) is 8.82. The molecule has 0 spiro atoms. The number of hydrogen-bond acceptors (Lipinski definition) is 1. The van der Waals surface area contributed by atoms with Crippen LogP contribution in [0.5, 0.6) is 0 Å². The van der Waals surface area contributed by atoms with Gasteiger partial charge in [-0.2, -0.15) is 13.2 Å². The highest BCUT2D eigenvalue weighted by Gasteiger charge is 2.34. The molecular formula is C12H10ClF4NO. The van der Waals surface area contributed by atoms with Crippen LogP contribution in [0.25, 0.3) is 0 Å². The first-order valence-electron chi connectivity index (χ1n) is 5.56. The standard InChI is InChI=1S/C12H10ClF4NO/c13-5-7-3-11(19)18(6-7)10-2-1-8(4-9(10)14)12(15,16)17/h1-2,4,7H,3,5-6H2. The van der Waals surface area contributed by atoms with Crippen molar-refractivity contribution in [2.24, 2.45) is 5.92 Å². The summed E-state index contributed by atoms with van der Waals surface area (Å²) in [4.78, 5) is 12.8. The van der Waals surface area contributed by atoms with Gasteiger partial charge in [0, 0.05) is 18.8 Å². The third-order valence-electron chi connectivity index (χ3n) is 2.99.